The highest BCUT2D eigenvalue weighted by Gasteiger charge is 2.36. The summed E-state index contributed by atoms with van der Waals surface area (Å²) in [6.07, 6.45) is 6.41. The third kappa shape index (κ3) is 1.88. The van der Waals surface area contributed by atoms with Gasteiger partial charge in [0.1, 0.15) is 5.82 Å². The minimum Gasteiger partial charge on any atom is -0.316 e. The number of nitrogens with zero attached hydrogens (tertiary/aromatic N) is 3. The van der Waals surface area contributed by atoms with Crippen molar-refractivity contribution in [2.75, 3.05) is 13.1 Å². The second kappa shape index (κ2) is 4.09. The van der Waals surface area contributed by atoms with Gasteiger partial charge in [-0.2, -0.15) is 5.10 Å². The molecule has 1 aromatic heterocycles. The van der Waals surface area contributed by atoms with Gasteiger partial charge in [-0.1, -0.05) is 19.8 Å². The summed E-state index contributed by atoms with van der Waals surface area (Å²) in [6, 6.07) is 0. The SMILES string of the molecule is Cn1nc(C2CCCC2)nc1C1(C)CCNC1. The molecule has 3 rings (SSSR count). The predicted molar refractivity (Wildman–Crippen MR) is 67.1 cm³/mol. The molecule has 1 atom stereocenters. The Hall–Kier alpha value is -0.900. The number of rotatable bonds is 2. The fraction of sp³-hybridized carbons (Fsp3) is 0.846. The van der Waals surface area contributed by atoms with Gasteiger partial charge in [-0.05, 0) is 25.8 Å². The van der Waals surface area contributed by atoms with Crippen molar-refractivity contribution in [3.63, 3.8) is 0 Å². The van der Waals surface area contributed by atoms with Gasteiger partial charge in [0.15, 0.2) is 5.82 Å². The van der Waals surface area contributed by atoms with Gasteiger partial charge in [0, 0.05) is 24.9 Å². The zero-order valence-corrected chi connectivity index (χ0v) is 10.9. The first-order chi connectivity index (χ1) is 8.19. The molecule has 4 nitrogen and oxygen atoms in total. The van der Waals surface area contributed by atoms with E-state index in [0.717, 1.165) is 18.9 Å². The van der Waals surface area contributed by atoms with Crippen molar-refractivity contribution in [2.24, 2.45) is 7.05 Å². The molecule has 0 radical (unpaired) electrons. The largest absolute Gasteiger partial charge is 0.316 e. The Morgan fingerprint density at radius 2 is 2.12 bits per heavy atom. The lowest BCUT2D eigenvalue weighted by molar-refractivity contribution is 0.461. The molecule has 0 amide bonds. The van der Waals surface area contributed by atoms with E-state index in [1.54, 1.807) is 0 Å². The Labute approximate surface area is 103 Å². The maximum Gasteiger partial charge on any atom is 0.154 e. The molecule has 2 heterocycles. The van der Waals surface area contributed by atoms with Gasteiger partial charge >= 0.3 is 0 Å². The van der Waals surface area contributed by atoms with Crippen LogP contribution in [0.1, 0.15) is 56.6 Å². The van der Waals surface area contributed by atoms with Gasteiger partial charge in [0.05, 0.1) is 0 Å². The van der Waals surface area contributed by atoms with Crippen LogP contribution in [0.2, 0.25) is 0 Å². The van der Waals surface area contributed by atoms with E-state index < -0.39 is 0 Å². The molecule has 1 aromatic rings. The van der Waals surface area contributed by atoms with Crippen molar-refractivity contribution >= 4 is 0 Å². The van der Waals surface area contributed by atoms with Crippen LogP contribution in [-0.2, 0) is 12.5 Å². The van der Waals surface area contributed by atoms with Crippen LogP contribution in [0.3, 0.4) is 0 Å². The highest BCUT2D eigenvalue weighted by Crippen LogP contribution is 2.34. The maximum absolute atomic E-state index is 4.86. The Morgan fingerprint density at radius 1 is 1.35 bits per heavy atom. The Morgan fingerprint density at radius 3 is 2.76 bits per heavy atom. The number of aromatic nitrogens is 3. The van der Waals surface area contributed by atoms with Crippen molar-refractivity contribution in [2.45, 2.75) is 50.4 Å². The summed E-state index contributed by atoms with van der Waals surface area (Å²) in [5.41, 5.74) is 0.179. The van der Waals surface area contributed by atoms with Gasteiger partial charge in [-0.3, -0.25) is 4.68 Å². The molecular formula is C13H22N4. The molecule has 17 heavy (non-hydrogen) atoms. The molecule has 0 aromatic carbocycles. The van der Waals surface area contributed by atoms with Crippen LogP contribution in [0.15, 0.2) is 0 Å². The first-order valence-corrected chi connectivity index (χ1v) is 6.81. The lowest BCUT2D eigenvalue weighted by atomic mass is 9.89. The Kier molecular flexibility index (Phi) is 2.69. The van der Waals surface area contributed by atoms with Crippen LogP contribution in [-0.4, -0.2) is 27.9 Å². The van der Waals surface area contributed by atoms with E-state index in [0.29, 0.717) is 5.92 Å². The van der Waals surface area contributed by atoms with Crippen LogP contribution < -0.4 is 5.32 Å². The van der Waals surface area contributed by atoms with E-state index in [4.69, 9.17) is 4.98 Å². The van der Waals surface area contributed by atoms with Crippen molar-refractivity contribution in [3.05, 3.63) is 11.6 Å². The third-order valence-electron chi connectivity index (χ3n) is 4.41. The molecule has 2 aliphatic rings. The van der Waals surface area contributed by atoms with E-state index >= 15 is 0 Å². The Bertz CT molecular complexity index is 398. The molecule has 0 spiro atoms. The number of aryl methyl sites for hydroxylation is 1. The minimum absolute atomic E-state index is 0.179. The molecule has 0 bridgehead atoms. The lowest BCUT2D eigenvalue weighted by Gasteiger charge is -2.20. The summed E-state index contributed by atoms with van der Waals surface area (Å²) >= 11 is 0. The fourth-order valence-corrected chi connectivity index (χ4v) is 3.29. The van der Waals surface area contributed by atoms with Gasteiger partial charge in [0.2, 0.25) is 0 Å². The summed E-state index contributed by atoms with van der Waals surface area (Å²) in [5.74, 6) is 2.88. The minimum atomic E-state index is 0.179. The van der Waals surface area contributed by atoms with E-state index in [-0.39, 0.29) is 5.41 Å². The molecule has 1 aliphatic heterocycles. The highest BCUT2D eigenvalue weighted by molar-refractivity contribution is 5.13. The third-order valence-corrected chi connectivity index (χ3v) is 4.41. The normalized spacial score (nSPS) is 30.2. The topological polar surface area (TPSA) is 42.7 Å². The summed E-state index contributed by atoms with van der Waals surface area (Å²) < 4.78 is 2.01. The summed E-state index contributed by atoms with van der Waals surface area (Å²) in [7, 11) is 2.05. The van der Waals surface area contributed by atoms with E-state index in [1.807, 2.05) is 11.7 Å². The summed E-state index contributed by atoms with van der Waals surface area (Å²) in [6.45, 7) is 4.43. The molecule has 4 heteroatoms. The van der Waals surface area contributed by atoms with Crippen molar-refractivity contribution in [3.8, 4) is 0 Å². The highest BCUT2D eigenvalue weighted by atomic mass is 15.3. The van der Waals surface area contributed by atoms with Gasteiger partial charge in [0.25, 0.3) is 0 Å². The van der Waals surface area contributed by atoms with Crippen LogP contribution in [0.4, 0.5) is 0 Å². The first-order valence-electron chi connectivity index (χ1n) is 6.81. The fourth-order valence-electron chi connectivity index (χ4n) is 3.29. The average molecular weight is 234 g/mol. The molecule has 2 fully saturated rings. The van der Waals surface area contributed by atoms with Gasteiger partial charge in [-0.15, -0.1) is 0 Å². The number of hydrogen-bond acceptors (Lipinski definition) is 3. The van der Waals surface area contributed by atoms with E-state index in [1.165, 1.54) is 37.9 Å². The smallest absolute Gasteiger partial charge is 0.154 e. The maximum atomic E-state index is 4.86. The van der Waals surface area contributed by atoms with Crippen LogP contribution in [0, 0.1) is 0 Å². The molecule has 1 aliphatic carbocycles. The number of hydrogen-bond donors (Lipinski definition) is 1. The van der Waals surface area contributed by atoms with Crippen LogP contribution >= 0.6 is 0 Å². The number of nitrogens with one attached hydrogen (secondary N) is 1. The summed E-state index contributed by atoms with van der Waals surface area (Å²) in [4.78, 5) is 4.86. The molecule has 1 unspecified atom stereocenters. The zero-order valence-electron chi connectivity index (χ0n) is 10.9. The van der Waals surface area contributed by atoms with Crippen molar-refractivity contribution in [1.29, 1.82) is 0 Å². The van der Waals surface area contributed by atoms with Crippen molar-refractivity contribution in [1.82, 2.24) is 20.1 Å². The zero-order chi connectivity index (χ0) is 11.9. The Balaban J connectivity index is 1.89. The van der Waals surface area contributed by atoms with Crippen LogP contribution in [0.5, 0.6) is 0 Å². The first kappa shape index (κ1) is 11.2. The second-order valence-corrected chi connectivity index (χ2v) is 5.89. The monoisotopic (exact) mass is 234 g/mol. The average Bonchev–Trinajstić information content (AvgIpc) is 2.97. The van der Waals surface area contributed by atoms with Crippen LogP contribution in [0.25, 0.3) is 0 Å². The summed E-state index contributed by atoms with van der Waals surface area (Å²) in [5, 5.41) is 8.10. The van der Waals surface area contributed by atoms with Crippen molar-refractivity contribution < 1.29 is 0 Å². The molecule has 1 N–H and O–H groups in total. The molecule has 1 saturated carbocycles. The molecular weight excluding hydrogens is 212 g/mol. The lowest BCUT2D eigenvalue weighted by Crippen LogP contribution is -2.28. The molecule has 1 saturated heterocycles. The second-order valence-electron chi connectivity index (χ2n) is 5.89. The van der Waals surface area contributed by atoms with Gasteiger partial charge < -0.3 is 5.32 Å². The standard InChI is InChI=1S/C13H22N4/c1-13(7-8-14-9-13)12-15-11(16-17(12)2)10-5-3-4-6-10/h10,14H,3-9H2,1-2H3. The predicted octanol–water partition coefficient (Wildman–Crippen LogP) is 1.72. The van der Waals surface area contributed by atoms with E-state index in [2.05, 4.69) is 17.3 Å². The van der Waals surface area contributed by atoms with Gasteiger partial charge in [-0.25, -0.2) is 4.98 Å². The molecule has 94 valence electrons. The van der Waals surface area contributed by atoms with E-state index in [9.17, 15) is 0 Å². The quantitative estimate of drug-likeness (QED) is 0.847.